The summed E-state index contributed by atoms with van der Waals surface area (Å²) in [5, 5.41) is 13.8. The molecule has 5 nitrogen and oxygen atoms in total. The Labute approximate surface area is 155 Å². The monoisotopic (exact) mass is 417 g/mol. The fourth-order valence-electron chi connectivity index (χ4n) is 2.45. The normalized spacial score (nSPS) is 11.2. The molecule has 4 rings (SSSR count). The molecule has 0 saturated carbocycles. The Hall–Kier alpha value is -2.32. The van der Waals surface area contributed by atoms with Crippen molar-refractivity contribution in [1.82, 2.24) is 19.8 Å². The van der Waals surface area contributed by atoms with Gasteiger partial charge in [-0.3, -0.25) is 0 Å². The summed E-state index contributed by atoms with van der Waals surface area (Å²) in [6, 6.07) is 12.9. The molecule has 8 heteroatoms. The van der Waals surface area contributed by atoms with Gasteiger partial charge in [0.2, 0.25) is 4.96 Å². The van der Waals surface area contributed by atoms with E-state index in [9.17, 15) is 4.39 Å². The Kier molecular flexibility index (Phi) is 4.01. The van der Waals surface area contributed by atoms with Crippen LogP contribution in [0.4, 0.5) is 10.1 Å². The summed E-state index contributed by atoms with van der Waals surface area (Å²) < 4.78 is 15.6. The van der Waals surface area contributed by atoms with Gasteiger partial charge in [-0.1, -0.05) is 11.3 Å². The molecule has 0 saturated heterocycles. The van der Waals surface area contributed by atoms with Crippen molar-refractivity contribution in [2.75, 3.05) is 19.0 Å². The van der Waals surface area contributed by atoms with E-state index >= 15 is 0 Å². The van der Waals surface area contributed by atoms with Crippen LogP contribution in [0.3, 0.4) is 0 Å². The molecule has 126 valence electrons. The third kappa shape index (κ3) is 2.91. The highest BCUT2D eigenvalue weighted by molar-refractivity contribution is 9.10. The Balaban J connectivity index is 1.76. The minimum Gasteiger partial charge on any atom is -0.378 e. The van der Waals surface area contributed by atoms with Gasteiger partial charge in [0, 0.05) is 30.9 Å². The van der Waals surface area contributed by atoms with Gasteiger partial charge >= 0.3 is 0 Å². The topological polar surface area (TPSA) is 46.3 Å². The first-order chi connectivity index (χ1) is 12.0. The summed E-state index contributed by atoms with van der Waals surface area (Å²) in [7, 11) is 4.00. The third-order valence-electron chi connectivity index (χ3n) is 3.80. The van der Waals surface area contributed by atoms with Crippen LogP contribution in [0.1, 0.15) is 0 Å². The van der Waals surface area contributed by atoms with Crippen molar-refractivity contribution in [3.05, 3.63) is 52.8 Å². The second-order valence-corrected chi connectivity index (χ2v) is 7.51. The number of nitrogens with zero attached hydrogens (tertiary/aromatic N) is 5. The molecule has 0 N–H and O–H groups in total. The molecule has 25 heavy (non-hydrogen) atoms. The lowest BCUT2D eigenvalue weighted by atomic mass is 10.2. The minimum absolute atomic E-state index is 0.298. The Bertz CT molecular complexity index is 1050. The second-order valence-electron chi connectivity index (χ2n) is 5.70. The van der Waals surface area contributed by atoms with Gasteiger partial charge in [0.05, 0.1) is 4.47 Å². The predicted octanol–water partition coefficient (Wildman–Crippen LogP) is 4.49. The van der Waals surface area contributed by atoms with Crippen molar-refractivity contribution in [2.45, 2.75) is 0 Å². The summed E-state index contributed by atoms with van der Waals surface area (Å²) in [6.45, 7) is 0. The molecule has 2 aromatic carbocycles. The molecule has 0 radical (unpaired) electrons. The lowest BCUT2D eigenvalue weighted by Gasteiger charge is -2.11. The first-order valence-corrected chi connectivity index (χ1v) is 9.09. The number of fused-ring (bicyclic) bond motifs is 1. The van der Waals surface area contributed by atoms with E-state index in [0.717, 1.165) is 21.8 Å². The zero-order chi connectivity index (χ0) is 17.6. The van der Waals surface area contributed by atoms with E-state index < -0.39 is 0 Å². The smallest absolute Gasteiger partial charge is 0.235 e. The van der Waals surface area contributed by atoms with Crippen LogP contribution in [0.2, 0.25) is 0 Å². The molecule has 0 atom stereocenters. The third-order valence-corrected chi connectivity index (χ3v) is 5.35. The molecule has 0 unspecified atom stereocenters. The molecule has 0 aliphatic rings. The van der Waals surface area contributed by atoms with Gasteiger partial charge in [-0.05, 0) is 58.4 Å². The van der Waals surface area contributed by atoms with Crippen LogP contribution >= 0.6 is 27.3 Å². The summed E-state index contributed by atoms with van der Waals surface area (Å²) in [4.78, 5) is 2.73. The molecule has 0 fully saturated rings. The largest absolute Gasteiger partial charge is 0.378 e. The lowest BCUT2D eigenvalue weighted by molar-refractivity contribution is 0.621. The number of hydrogen-bond acceptors (Lipinski definition) is 5. The number of benzene rings is 2. The number of rotatable bonds is 3. The molecule has 0 amide bonds. The van der Waals surface area contributed by atoms with Crippen molar-refractivity contribution >= 4 is 37.9 Å². The summed E-state index contributed by atoms with van der Waals surface area (Å²) in [6.07, 6.45) is 0. The molecule has 2 heterocycles. The van der Waals surface area contributed by atoms with Gasteiger partial charge in [0.15, 0.2) is 5.82 Å². The van der Waals surface area contributed by atoms with Crippen molar-refractivity contribution in [2.24, 2.45) is 0 Å². The van der Waals surface area contributed by atoms with E-state index in [2.05, 4.69) is 31.2 Å². The molecular weight excluding hydrogens is 405 g/mol. The van der Waals surface area contributed by atoms with Crippen molar-refractivity contribution in [3.8, 4) is 22.0 Å². The Morgan fingerprint density at radius 1 is 1.04 bits per heavy atom. The SMILES string of the molecule is CN(C)c1ccc(-c2nnc3sc(-c4ccc(F)c(Br)c4)nn23)cc1. The summed E-state index contributed by atoms with van der Waals surface area (Å²) in [5.41, 5.74) is 2.88. The molecule has 0 spiro atoms. The Morgan fingerprint density at radius 3 is 2.44 bits per heavy atom. The van der Waals surface area contributed by atoms with Crippen molar-refractivity contribution in [1.29, 1.82) is 0 Å². The van der Waals surface area contributed by atoms with E-state index in [1.165, 1.54) is 17.4 Å². The van der Waals surface area contributed by atoms with Gasteiger partial charge < -0.3 is 4.90 Å². The highest BCUT2D eigenvalue weighted by Gasteiger charge is 2.15. The first kappa shape index (κ1) is 16.2. The second kappa shape index (κ2) is 6.20. The van der Waals surface area contributed by atoms with Gasteiger partial charge in [0.1, 0.15) is 10.8 Å². The lowest BCUT2D eigenvalue weighted by Crippen LogP contribution is -2.08. The number of hydrogen-bond donors (Lipinski definition) is 0. The maximum atomic E-state index is 13.4. The fraction of sp³-hybridized carbons (Fsp3) is 0.118. The number of aromatic nitrogens is 4. The zero-order valence-corrected chi connectivity index (χ0v) is 15.8. The molecule has 0 bridgehead atoms. The van der Waals surface area contributed by atoms with Crippen LogP contribution in [0.15, 0.2) is 46.9 Å². The van der Waals surface area contributed by atoms with Gasteiger partial charge in [-0.15, -0.1) is 10.2 Å². The van der Waals surface area contributed by atoms with Crippen LogP contribution in [-0.2, 0) is 0 Å². The highest BCUT2D eigenvalue weighted by Crippen LogP contribution is 2.30. The van der Waals surface area contributed by atoms with E-state index in [-0.39, 0.29) is 5.82 Å². The minimum atomic E-state index is -0.298. The van der Waals surface area contributed by atoms with E-state index in [1.807, 2.05) is 43.3 Å². The quantitative estimate of drug-likeness (QED) is 0.492. The van der Waals surface area contributed by atoms with Crippen LogP contribution in [0.25, 0.3) is 26.9 Å². The number of anilines is 1. The fourth-order valence-corrected chi connectivity index (χ4v) is 3.67. The van der Waals surface area contributed by atoms with E-state index in [1.54, 1.807) is 16.6 Å². The predicted molar refractivity (Wildman–Crippen MR) is 102 cm³/mol. The van der Waals surface area contributed by atoms with Crippen LogP contribution in [-0.4, -0.2) is 33.9 Å². The standard InChI is InChI=1S/C17H13BrFN5S/c1-23(2)12-6-3-10(4-7-12)15-20-21-17-24(15)22-16(25-17)11-5-8-14(19)13(18)9-11/h3-9H,1-2H3. The zero-order valence-electron chi connectivity index (χ0n) is 13.4. The maximum absolute atomic E-state index is 13.4. The average Bonchev–Trinajstić information content (AvgIpc) is 3.18. The maximum Gasteiger partial charge on any atom is 0.235 e. The summed E-state index contributed by atoms with van der Waals surface area (Å²) in [5.74, 6) is 0.386. The van der Waals surface area contributed by atoms with Gasteiger partial charge in [0.25, 0.3) is 0 Å². The van der Waals surface area contributed by atoms with Gasteiger partial charge in [-0.2, -0.15) is 9.61 Å². The first-order valence-electron chi connectivity index (χ1n) is 7.48. The van der Waals surface area contributed by atoms with E-state index in [0.29, 0.717) is 15.3 Å². The van der Waals surface area contributed by atoms with Crippen LogP contribution < -0.4 is 4.90 Å². The summed E-state index contributed by atoms with van der Waals surface area (Å²) >= 11 is 4.63. The average molecular weight is 418 g/mol. The van der Waals surface area contributed by atoms with E-state index in [4.69, 9.17) is 0 Å². The highest BCUT2D eigenvalue weighted by atomic mass is 79.9. The Morgan fingerprint density at radius 2 is 1.76 bits per heavy atom. The molecule has 4 aromatic rings. The molecule has 0 aliphatic carbocycles. The van der Waals surface area contributed by atoms with Gasteiger partial charge in [-0.25, -0.2) is 4.39 Å². The van der Waals surface area contributed by atoms with Crippen LogP contribution in [0.5, 0.6) is 0 Å². The number of halogens is 2. The molecular formula is C17H13BrFN5S. The van der Waals surface area contributed by atoms with Crippen molar-refractivity contribution < 1.29 is 4.39 Å². The van der Waals surface area contributed by atoms with Crippen molar-refractivity contribution in [3.63, 3.8) is 0 Å². The molecule has 0 aliphatic heterocycles. The van der Waals surface area contributed by atoms with Crippen LogP contribution in [0, 0.1) is 5.82 Å². The molecule has 2 aromatic heterocycles.